The van der Waals surface area contributed by atoms with Crippen molar-refractivity contribution in [3.05, 3.63) is 64.2 Å². The average molecular weight is 257 g/mol. The number of nitro groups is 1. The molecule has 6 nitrogen and oxygen atoms in total. The van der Waals surface area contributed by atoms with Crippen molar-refractivity contribution >= 4 is 23.0 Å². The first kappa shape index (κ1) is 12.6. The molecule has 0 heterocycles. The molecule has 0 aliphatic carbocycles. The molecule has 6 heteroatoms. The molecule has 0 aliphatic heterocycles. The number of nitro benzene ring substituents is 1. The van der Waals surface area contributed by atoms with Crippen LogP contribution in [-0.4, -0.2) is 10.8 Å². The zero-order chi connectivity index (χ0) is 13.8. The number of rotatable bonds is 4. The first-order chi connectivity index (χ1) is 9.06. The Morgan fingerprint density at radius 3 is 1.89 bits per heavy atom. The van der Waals surface area contributed by atoms with E-state index in [0.717, 1.165) is 11.4 Å². The normalized spacial score (nSPS) is 9.89. The van der Waals surface area contributed by atoms with Crippen LogP contribution in [-0.2, 0) is 0 Å². The Hall–Kier alpha value is -2.89. The van der Waals surface area contributed by atoms with Crippen LogP contribution in [0.2, 0.25) is 0 Å². The number of carbonyl (C=O) groups excluding carboxylic acids is 1. The molecule has 0 unspecified atom stereocenters. The van der Waals surface area contributed by atoms with E-state index in [-0.39, 0.29) is 5.69 Å². The molecule has 0 atom stereocenters. The lowest BCUT2D eigenvalue weighted by Crippen LogP contribution is -2.10. The van der Waals surface area contributed by atoms with E-state index < -0.39 is 10.8 Å². The molecule has 19 heavy (non-hydrogen) atoms. The largest absolute Gasteiger partial charge is 0.366 e. The van der Waals surface area contributed by atoms with E-state index in [2.05, 4.69) is 5.32 Å². The number of hydrogen-bond donors (Lipinski definition) is 2. The second kappa shape index (κ2) is 5.18. The zero-order valence-corrected chi connectivity index (χ0v) is 9.87. The standard InChI is InChI=1S/C13H11N3O3/c14-13(17)9-1-3-10(4-2-9)15-11-5-7-12(8-6-11)16(18)19/h1-8,15H,(H2,14,17). The van der Waals surface area contributed by atoms with Crippen LogP contribution in [0.4, 0.5) is 17.1 Å². The first-order valence-electron chi connectivity index (χ1n) is 5.47. The van der Waals surface area contributed by atoms with Crippen LogP contribution >= 0.6 is 0 Å². The van der Waals surface area contributed by atoms with Crippen molar-refractivity contribution in [2.75, 3.05) is 5.32 Å². The number of anilines is 2. The molecular weight excluding hydrogens is 246 g/mol. The van der Waals surface area contributed by atoms with Crippen molar-refractivity contribution in [2.24, 2.45) is 5.73 Å². The molecule has 3 N–H and O–H groups in total. The van der Waals surface area contributed by atoms with Crippen LogP contribution < -0.4 is 11.1 Å². The highest BCUT2D eigenvalue weighted by molar-refractivity contribution is 5.93. The average Bonchev–Trinajstić information content (AvgIpc) is 2.40. The van der Waals surface area contributed by atoms with E-state index in [4.69, 9.17) is 5.73 Å². The summed E-state index contributed by atoms with van der Waals surface area (Å²) in [5.74, 6) is -0.484. The van der Waals surface area contributed by atoms with Crippen molar-refractivity contribution in [2.45, 2.75) is 0 Å². The van der Waals surface area contributed by atoms with E-state index in [1.54, 1.807) is 36.4 Å². The smallest absolute Gasteiger partial charge is 0.269 e. The van der Waals surface area contributed by atoms with Gasteiger partial charge in [-0.25, -0.2) is 0 Å². The molecule has 0 saturated heterocycles. The van der Waals surface area contributed by atoms with Crippen molar-refractivity contribution < 1.29 is 9.72 Å². The molecule has 0 fully saturated rings. The molecule has 0 radical (unpaired) electrons. The Bertz CT molecular complexity index is 551. The fraction of sp³-hybridized carbons (Fsp3) is 0. The molecule has 2 aromatic carbocycles. The van der Waals surface area contributed by atoms with Gasteiger partial charge in [-0.3, -0.25) is 14.9 Å². The molecule has 0 spiro atoms. The summed E-state index contributed by atoms with van der Waals surface area (Å²) in [6.45, 7) is 0. The van der Waals surface area contributed by atoms with Crippen LogP contribution in [0.25, 0.3) is 0 Å². The van der Waals surface area contributed by atoms with Gasteiger partial charge in [-0.15, -0.1) is 0 Å². The Morgan fingerprint density at radius 1 is 1.00 bits per heavy atom. The van der Waals surface area contributed by atoms with Gasteiger partial charge in [0.1, 0.15) is 0 Å². The zero-order valence-electron chi connectivity index (χ0n) is 9.87. The lowest BCUT2D eigenvalue weighted by Gasteiger charge is -2.06. The quantitative estimate of drug-likeness (QED) is 0.649. The summed E-state index contributed by atoms with van der Waals surface area (Å²) in [5, 5.41) is 13.6. The van der Waals surface area contributed by atoms with E-state index in [9.17, 15) is 14.9 Å². The second-order valence-electron chi connectivity index (χ2n) is 3.87. The van der Waals surface area contributed by atoms with Crippen LogP contribution in [0.15, 0.2) is 48.5 Å². The van der Waals surface area contributed by atoms with Gasteiger partial charge in [-0.2, -0.15) is 0 Å². The Balaban J connectivity index is 2.12. The number of nitrogens with two attached hydrogens (primary N) is 1. The van der Waals surface area contributed by atoms with Gasteiger partial charge >= 0.3 is 0 Å². The number of non-ortho nitro benzene ring substituents is 1. The summed E-state index contributed by atoms with van der Waals surface area (Å²) < 4.78 is 0. The van der Waals surface area contributed by atoms with Gasteiger partial charge in [0.2, 0.25) is 5.91 Å². The molecule has 0 saturated carbocycles. The summed E-state index contributed by atoms with van der Waals surface area (Å²) in [5.41, 5.74) is 7.08. The molecule has 0 aliphatic rings. The highest BCUT2D eigenvalue weighted by Gasteiger charge is 2.04. The molecular formula is C13H11N3O3. The Morgan fingerprint density at radius 2 is 1.47 bits per heavy atom. The number of carbonyl (C=O) groups is 1. The number of nitrogens with one attached hydrogen (secondary N) is 1. The summed E-state index contributed by atoms with van der Waals surface area (Å²) >= 11 is 0. The number of primary amides is 1. The molecule has 2 rings (SSSR count). The Kier molecular flexibility index (Phi) is 3.42. The van der Waals surface area contributed by atoms with E-state index in [1.165, 1.54) is 12.1 Å². The van der Waals surface area contributed by atoms with Gasteiger partial charge in [0.15, 0.2) is 0 Å². The predicted octanol–water partition coefficient (Wildman–Crippen LogP) is 2.44. The topological polar surface area (TPSA) is 98.3 Å². The van der Waals surface area contributed by atoms with Gasteiger partial charge in [0.25, 0.3) is 5.69 Å². The number of nitrogens with zero attached hydrogens (tertiary/aromatic N) is 1. The summed E-state index contributed by atoms with van der Waals surface area (Å²) in [7, 11) is 0. The third-order valence-corrected chi connectivity index (χ3v) is 2.54. The summed E-state index contributed by atoms with van der Waals surface area (Å²) in [6.07, 6.45) is 0. The first-order valence-corrected chi connectivity index (χ1v) is 5.47. The fourth-order valence-electron chi connectivity index (χ4n) is 1.55. The van der Waals surface area contributed by atoms with Crippen LogP contribution in [0.5, 0.6) is 0 Å². The van der Waals surface area contributed by atoms with Crippen molar-refractivity contribution in [3.63, 3.8) is 0 Å². The van der Waals surface area contributed by atoms with Gasteiger partial charge in [0.05, 0.1) is 4.92 Å². The van der Waals surface area contributed by atoms with Crippen LogP contribution in [0, 0.1) is 10.1 Å². The van der Waals surface area contributed by atoms with E-state index in [1.807, 2.05) is 0 Å². The maximum Gasteiger partial charge on any atom is 0.269 e. The van der Waals surface area contributed by atoms with E-state index in [0.29, 0.717) is 5.56 Å². The molecule has 1 amide bonds. The van der Waals surface area contributed by atoms with Crippen molar-refractivity contribution in [1.82, 2.24) is 0 Å². The van der Waals surface area contributed by atoms with Gasteiger partial charge in [0, 0.05) is 29.1 Å². The van der Waals surface area contributed by atoms with Crippen LogP contribution in [0.1, 0.15) is 10.4 Å². The van der Waals surface area contributed by atoms with Crippen molar-refractivity contribution in [1.29, 1.82) is 0 Å². The number of benzene rings is 2. The van der Waals surface area contributed by atoms with Crippen molar-refractivity contribution in [3.8, 4) is 0 Å². The molecule has 0 aromatic heterocycles. The minimum Gasteiger partial charge on any atom is -0.366 e. The summed E-state index contributed by atoms with van der Waals surface area (Å²) in [4.78, 5) is 21.0. The van der Waals surface area contributed by atoms with Gasteiger partial charge in [-0.05, 0) is 36.4 Å². The molecule has 2 aromatic rings. The van der Waals surface area contributed by atoms with Gasteiger partial charge in [-0.1, -0.05) is 0 Å². The van der Waals surface area contributed by atoms with E-state index >= 15 is 0 Å². The monoisotopic (exact) mass is 257 g/mol. The predicted molar refractivity (Wildman–Crippen MR) is 71.3 cm³/mol. The Labute approximate surface area is 109 Å². The third kappa shape index (κ3) is 3.06. The highest BCUT2D eigenvalue weighted by Crippen LogP contribution is 2.20. The highest BCUT2D eigenvalue weighted by atomic mass is 16.6. The summed E-state index contributed by atoms with van der Waals surface area (Å²) in [6, 6.07) is 12.7. The molecule has 0 bridgehead atoms. The maximum atomic E-state index is 10.9. The number of amides is 1. The van der Waals surface area contributed by atoms with Gasteiger partial charge < -0.3 is 11.1 Å². The lowest BCUT2D eigenvalue weighted by atomic mass is 10.2. The maximum absolute atomic E-state index is 10.9. The SMILES string of the molecule is NC(=O)c1ccc(Nc2ccc([N+](=O)[O-])cc2)cc1. The number of hydrogen-bond acceptors (Lipinski definition) is 4. The minimum absolute atomic E-state index is 0.0367. The second-order valence-corrected chi connectivity index (χ2v) is 3.87. The molecule has 96 valence electrons. The lowest BCUT2D eigenvalue weighted by molar-refractivity contribution is -0.384. The third-order valence-electron chi connectivity index (χ3n) is 2.54. The van der Waals surface area contributed by atoms with Crippen LogP contribution in [0.3, 0.4) is 0 Å². The fourth-order valence-corrected chi connectivity index (χ4v) is 1.55. The minimum atomic E-state index is -0.484.